The van der Waals surface area contributed by atoms with Crippen molar-refractivity contribution in [3.05, 3.63) is 35.9 Å². The van der Waals surface area contributed by atoms with Crippen LogP contribution in [0.3, 0.4) is 0 Å². The fourth-order valence-electron chi connectivity index (χ4n) is 2.57. The Morgan fingerprint density at radius 3 is 2.28 bits per heavy atom. The Kier molecular flexibility index (Phi) is 5.80. The van der Waals surface area contributed by atoms with Gasteiger partial charge < -0.3 is 15.2 Å². The smallest absolute Gasteiger partial charge is 0.310 e. The molecule has 2 aromatic carbocycles. The lowest BCUT2D eigenvalue weighted by Crippen LogP contribution is -2.28. The van der Waals surface area contributed by atoms with Gasteiger partial charge in [-0.15, -0.1) is 0 Å². The second-order valence-electron chi connectivity index (χ2n) is 6.57. The highest BCUT2D eigenvalue weighted by Crippen LogP contribution is 2.38. The summed E-state index contributed by atoms with van der Waals surface area (Å²) in [5, 5.41) is 1.65. The number of hydrogen-bond donors (Lipinski definition) is 1. The Hall–Kier alpha value is -2.40. The molecule has 5 nitrogen and oxygen atoms in total. The Bertz CT molecular complexity index is 796. The quantitative estimate of drug-likeness (QED) is 0.639. The van der Waals surface area contributed by atoms with Gasteiger partial charge >= 0.3 is 11.9 Å². The number of carbonyl (C=O) groups is 2. The van der Waals surface area contributed by atoms with Crippen molar-refractivity contribution >= 4 is 22.7 Å². The van der Waals surface area contributed by atoms with Crippen LogP contribution in [0.15, 0.2) is 30.3 Å². The summed E-state index contributed by atoms with van der Waals surface area (Å²) in [5.74, 6) is 0.0625. The molecular weight excluding hydrogens is 318 g/mol. The first-order valence-electron chi connectivity index (χ1n) is 8.51. The topological polar surface area (TPSA) is 78.6 Å². The van der Waals surface area contributed by atoms with Crippen LogP contribution in [-0.4, -0.2) is 18.5 Å². The highest BCUT2D eigenvalue weighted by Gasteiger charge is 2.24. The molecule has 25 heavy (non-hydrogen) atoms. The van der Waals surface area contributed by atoms with E-state index in [1.807, 2.05) is 32.0 Å². The van der Waals surface area contributed by atoms with Crippen LogP contribution in [0.4, 0.5) is 0 Å². The molecule has 0 aliphatic carbocycles. The van der Waals surface area contributed by atoms with Crippen LogP contribution < -0.4 is 15.2 Å². The summed E-state index contributed by atoms with van der Waals surface area (Å²) in [4.78, 5) is 23.5. The van der Waals surface area contributed by atoms with E-state index in [0.717, 1.165) is 16.3 Å². The van der Waals surface area contributed by atoms with E-state index in [9.17, 15) is 9.59 Å². The number of benzene rings is 2. The fourth-order valence-corrected chi connectivity index (χ4v) is 2.57. The highest BCUT2D eigenvalue weighted by molar-refractivity contribution is 5.95. The Morgan fingerprint density at radius 2 is 1.68 bits per heavy atom. The third-order valence-corrected chi connectivity index (χ3v) is 4.19. The van der Waals surface area contributed by atoms with Crippen LogP contribution in [0.2, 0.25) is 0 Å². The molecule has 0 spiro atoms. The molecular formula is C20H25NO4. The van der Waals surface area contributed by atoms with E-state index in [0.29, 0.717) is 18.0 Å². The zero-order valence-corrected chi connectivity index (χ0v) is 15.2. The van der Waals surface area contributed by atoms with Crippen molar-refractivity contribution < 1.29 is 19.1 Å². The second kappa shape index (κ2) is 7.66. The molecule has 0 heterocycles. The number of nitrogens with two attached hydrogens (primary N) is 1. The van der Waals surface area contributed by atoms with Gasteiger partial charge in [-0.05, 0) is 17.0 Å². The summed E-state index contributed by atoms with van der Waals surface area (Å²) in [6, 6.07) is 9.18. The van der Waals surface area contributed by atoms with E-state index in [1.54, 1.807) is 26.0 Å². The molecule has 0 atom stereocenters. The van der Waals surface area contributed by atoms with E-state index in [2.05, 4.69) is 0 Å². The molecule has 0 bridgehead atoms. The molecule has 0 saturated carbocycles. The Morgan fingerprint density at radius 1 is 1.04 bits per heavy atom. The number of hydrogen-bond acceptors (Lipinski definition) is 5. The maximum atomic E-state index is 11.9. The van der Waals surface area contributed by atoms with Crippen molar-refractivity contribution in [2.24, 2.45) is 5.73 Å². The summed E-state index contributed by atoms with van der Waals surface area (Å²) >= 11 is 0. The number of ether oxygens (including phenoxy) is 2. The summed E-state index contributed by atoms with van der Waals surface area (Å²) in [6.07, 6.45) is 0.519. The molecule has 0 radical (unpaired) electrons. The summed E-state index contributed by atoms with van der Waals surface area (Å²) in [7, 11) is 0. The van der Waals surface area contributed by atoms with Crippen molar-refractivity contribution in [2.45, 2.75) is 46.0 Å². The average molecular weight is 343 g/mol. The number of carbonyl (C=O) groups excluding carboxylic acids is 2. The predicted molar refractivity (Wildman–Crippen MR) is 97.9 cm³/mol. The van der Waals surface area contributed by atoms with Gasteiger partial charge in [0.2, 0.25) is 0 Å². The van der Waals surface area contributed by atoms with E-state index in [4.69, 9.17) is 15.2 Å². The predicted octanol–water partition coefficient (Wildman–Crippen LogP) is 3.71. The average Bonchev–Trinajstić information content (AvgIpc) is 2.60. The van der Waals surface area contributed by atoms with Crippen molar-refractivity contribution in [1.82, 2.24) is 0 Å². The molecule has 0 aliphatic heterocycles. The lowest BCUT2D eigenvalue weighted by Gasteiger charge is -2.26. The SMILES string of the molecule is CCC(=O)Oc1cc(OC(=O)CC)c2c(C(C)(C)CN)cccc2c1. The van der Waals surface area contributed by atoms with Crippen LogP contribution in [0, 0.1) is 0 Å². The normalized spacial score (nSPS) is 11.4. The van der Waals surface area contributed by atoms with Crippen LogP contribution >= 0.6 is 0 Å². The van der Waals surface area contributed by atoms with Crippen LogP contribution in [-0.2, 0) is 15.0 Å². The van der Waals surface area contributed by atoms with Gasteiger partial charge in [-0.25, -0.2) is 0 Å². The molecule has 2 rings (SSSR count). The van der Waals surface area contributed by atoms with Gasteiger partial charge in [0, 0.05) is 36.3 Å². The number of esters is 2. The van der Waals surface area contributed by atoms with Crippen LogP contribution in [0.5, 0.6) is 11.5 Å². The molecule has 5 heteroatoms. The first kappa shape index (κ1) is 18.9. The maximum Gasteiger partial charge on any atom is 0.310 e. The molecule has 0 amide bonds. The molecule has 134 valence electrons. The summed E-state index contributed by atoms with van der Waals surface area (Å²) in [5.41, 5.74) is 6.63. The van der Waals surface area contributed by atoms with Crippen molar-refractivity contribution in [3.63, 3.8) is 0 Å². The molecule has 0 aromatic heterocycles. The minimum Gasteiger partial charge on any atom is -0.426 e. The fraction of sp³-hybridized carbons (Fsp3) is 0.400. The van der Waals surface area contributed by atoms with Crippen molar-refractivity contribution in [1.29, 1.82) is 0 Å². The minimum atomic E-state index is -0.347. The van der Waals surface area contributed by atoms with Crippen molar-refractivity contribution in [2.75, 3.05) is 6.54 Å². The van der Waals surface area contributed by atoms with Gasteiger partial charge in [-0.2, -0.15) is 0 Å². The van der Waals surface area contributed by atoms with Crippen molar-refractivity contribution in [3.8, 4) is 11.5 Å². The molecule has 0 saturated heterocycles. The molecule has 0 aliphatic rings. The van der Waals surface area contributed by atoms with Crippen LogP contribution in [0.25, 0.3) is 10.8 Å². The monoisotopic (exact) mass is 343 g/mol. The maximum absolute atomic E-state index is 11.9. The Balaban J connectivity index is 2.70. The van der Waals surface area contributed by atoms with E-state index in [-0.39, 0.29) is 30.2 Å². The van der Waals surface area contributed by atoms with E-state index < -0.39 is 0 Å². The summed E-state index contributed by atoms with van der Waals surface area (Å²) < 4.78 is 10.9. The lowest BCUT2D eigenvalue weighted by molar-refractivity contribution is -0.134. The lowest BCUT2D eigenvalue weighted by atomic mass is 9.81. The third-order valence-electron chi connectivity index (χ3n) is 4.19. The van der Waals surface area contributed by atoms with E-state index >= 15 is 0 Å². The van der Waals surface area contributed by atoms with Gasteiger partial charge in [0.1, 0.15) is 11.5 Å². The van der Waals surface area contributed by atoms with Gasteiger partial charge in [-0.3, -0.25) is 9.59 Å². The minimum absolute atomic E-state index is 0.253. The van der Waals surface area contributed by atoms with Gasteiger partial charge in [-0.1, -0.05) is 45.9 Å². The third kappa shape index (κ3) is 4.17. The summed E-state index contributed by atoms with van der Waals surface area (Å²) in [6.45, 7) is 7.98. The standard InChI is InChI=1S/C20H25NO4/c1-5-17(22)24-14-10-13-8-7-9-15(20(3,4)12-21)19(13)16(11-14)25-18(23)6-2/h7-11H,5-6,12,21H2,1-4H3. The second-order valence-corrected chi connectivity index (χ2v) is 6.57. The van der Waals surface area contributed by atoms with E-state index in [1.165, 1.54) is 0 Å². The number of rotatable bonds is 6. The molecule has 2 aromatic rings. The van der Waals surface area contributed by atoms with Gasteiger partial charge in [0.25, 0.3) is 0 Å². The largest absolute Gasteiger partial charge is 0.426 e. The van der Waals surface area contributed by atoms with Gasteiger partial charge in [0.05, 0.1) is 0 Å². The molecule has 0 unspecified atom stereocenters. The first-order valence-corrected chi connectivity index (χ1v) is 8.51. The number of fused-ring (bicyclic) bond motifs is 1. The molecule has 0 fully saturated rings. The first-order chi connectivity index (χ1) is 11.8. The van der Waals surface area contributed by atoms with Gasteiger partial charge in [0.15, 0.2) is 0 Å². The zero-order chi connectivity index (χ0) is 18.6. The van der Waals surface area contributed by atoms with Crippen LogP contribution in [0.1, 0.15) is 46.1 Å². The highest BCUT2D eigenvalue weighted by atomic mass is 16.5. The Labute approximate surface area is 148 Å². The zero-order valence-electron chi connectivity index (χ0n) is 15.2. The molecule has 2 N–H and O–H groups in total.